The number of nitrogens with one attached hydrogen (secondary N) is 1. The molecule has 3 aromatic rings. The predicted molar refractivity (Wildman–Crippen MR) is 107 cm³/mol. The topological polar surface area (TPSA) is 88.0 Å². The molecule has 0 aliphatic heterocycles. The largest absolute Gasteiger partial charge is 0.396 e. The van der Waals surface area contributed by atoms with Crippen molar-refractivity contribution in [1.82, 2.24) is 15.0 Å². The zero-order valence-electron chi connectivity index (χ0n) is 15.2. The van der Waals surface area contributed by atoms with Crippen LogP contribution in [0.5, 0.6) is 0 Å². The summed E-state index contributed by atoms with van der Waals surface area (Å²) in [5.41, 5.74) is 0.874. The first-order chi connectivity index (χ1) is 13.1. The summed E-state index contributed by atoms with van der Waals surface area (Å²) in [7, 11) is 0. The number of aliphatic hydroxyl groups is 1. The second kappa shape index (κ2) is 7.70. The van der Waals surface area contributed by atoms with Crippen LogP contribution in [0.15, 0.2) is 30.7 Å². The van der Waals surface area contributed by atoms with E-state index in [4.69, 9.17) is 0 Å². The normalized spacial score (nSPS) is 19.9. The molecule has 1 aliphatic carbocycles. The first-order valence-corrected chi connectivity index (χ1v) is 10.0. The second-order valence-electron chi connectivity index (χ2n) is 7.12. The summed E-state index contributed by atoms with van der Waals surface area (Å²) in [5, 5.41) is 15.1. The number of carbonyl (C=O) groups excluding carboxylic acids is 1. The molecular formula is C20H22N4O2S. The van der Waals surface area contributed by atoms with E-state index in [0.717, 1.165) is 52.0 Å². The zero-order valence-corrected chi connectivity index (χ0v) is 16.0. The molecular weight excluding hydrogens is 360 g/mol. The predicted octanol–water partition coefficient (Wildman–Crippen LogP) is 3.80. The fourth-order valence-electron chi connectivity index (χ4n) is 3.56. The summed E-state index contributed by atoms with van der Waals surface area (Å²) < 4.78 is 0. The monoisotopic (exact) mass is 382 g/mol. The van der Waals surface area contributed by atoms with Gasteiger partial charge in [-0.05, 0) is 56.0 Å². The Kier molecular flexibility index (Phi) is 5.13. The molecule has 0 radical (unpaired) electrons. The molecule has 6 nitrogen and oxygen atoms in total. The first-order valence-electron chi connectivity index (χ1n) is 9.22. The highest BCUT2D eigenvalue weighted by atomic mass is 32.1. The molecule has 7 heteroatoms. The first kappa shape index (κ1) is 18.0. The third-order valence-electron chi connectivity index (χ3n) is 5.20. The zero-order chi connectivity index (χ0) is 18.8. The molecule has 1 saturated carbocycles. The average Bonchev–Trinajstić information content (AvgIpc) is 3.14. The third-order valence-corrected chi connectivity index (χ3v) is 6.14. The van der Waals surface area contributed by atoms with E-state index in [2.05, 4.69) is 20.3 Å². The summed E-state index contributed by atoms with van der Waals surface area (Å²) in [5.74, 6) is 0.924. The molecule has 0 bridgehead atoms. The highest BCUT2D eigenvalue weighted by Gasteiger charge is 2.26. The van der Waals surface area contributed by atoms with Crippen molar-refractivity contribution in [2.24, 2.45) is 11.8 Å². The van der Waals surface area contributed by atoms with Crippen LogP contribution in [0.3, 0.4) is 0 Å². The Labute approximate surface area is 161 Å². The minimum absolute atomic E-state index is 0.00142. The van der Waals surface area contributed by atoms with Gasteiger partial charge in [0.05, 0.1) is 15.6 Å². The van der Waals surface area contributed by atoms with Crippen LogP contribution >= 0.6 is 11.3 Å². The third kappa shape index (κ3) is 3.99. The standard InChI is InChI=1S/C20H22N4O2S/c1-12-21-10-18(27-12)17-6-15-7-19(23-9-16(15)8-22-17)24-20(26)14-4-2-13(11-25)3-5-14/h6-10,13-14,25H,2-5,11H2,1H3,(H,23,24,26). The number of rotatable bonds is 4. The van der Waals surface area contributed by atoms with Gasteiger partial charge in [-0.3, -0.25) is 9.78 Å². The Morgan fingerprint density at radius 3 is 2.59 bits per heavy atom. The van der Waals surface area contributed by atoms with Gasteiger partial charge in [0.15, 0.2) is 0 Å². The number of carbonyl (C=O) groups is 1. The van der Waals surface area contributed by atoms with E-state index in [1.54, 1.807) is 23.7 Å². The molecule has 0 saturated heterocycles. The molecule has 1 aliphatic rings. The summed E-state index contributed by atoms with van der Waals surface area (Å²) in [6.07, 6.45) is 8.83. The lowest BCUT2D eigenvalue weighted by atomic mass is 9.82. The molecule has 3 heterocycles. The number of hydrogen-bond acceptors (Lipinski definition) is 6. The molecule has 1 fully saturated rings. The quantitative estimate of drug-likeness (QED) is 0.717. The number of fused-ring (bicyclic) bond motifs is 1. The van der Waals surface area contributed by atoms with Crippen molar-refractivity contribution in [2.75, 3.05) is 11.9 Å². The Morgan fingerprint density at radius 1 is 1.11 bits per heavy atom. The van der Waals surface area contributed by atoms with Crippen molar-refractivity contribution in [1.29, 1.82) is 0 Å². The highest BCUT2D eigenvalue weighted by molar-refractivity contribution is 7.15. The fourth-order valence-corrected chi connectivity index (χ4v) is 4.30. The summed E-state index contributed by atoms with van der Waals surface area (Å²) in [6.45, 7) is 2.19. The van der Waals surface area contributed by atoms with Gasteiger partial charge in [0.25, 0.3) is 0 Å². The number of hydrogen-bond donors (Lipinski definition) is 2. The van der Waals surface area contributed by atoms with Gasteiger partial charge >= 0.3 is 0 Å². The van der Waals surface area contributed by atoms with E-state index in [0.29, 0.717) is 11.7 Å². The van der Waals surface area contributed by atoms with Crippen LogP contribution in [0.2, 0.25) is 0 Å². The van der Waals surface area contributed by atoms with Crippen molar-refractivity contribution in [3.63, 3.8) is 0 Å². The molecule has 0 aromatic carbocycles. The molecule has 0 unspecified atom stereocenters. The van der Waals surface area contributed by atoms with Crippen LogP contribution in [0, 0.1) is 18.8 Å². The van der Waals surface area contributed by atoms with Gasteiger partial charge in [0, 0.05) is 36.5 Å². The van der Waals surface area contributed by atoms with Crippen LogP contribution < -0.4 is 5.32 Å². The Balaban J connectivity index is 1.51. The fraction of sp³-hybridized carbons (Fsp3) is 0.400. The van der Waals surface area contributed by atoms with Crippen LogP contribution in [0.1, 0.15) is 30.7 Å². The van der Waals surface area contributed by atoms with Crippen LogP contribution in [-0.2, 0) is 4.79 Å². The van der Waals surface area contributed by atoms with E-state index in [1.807, 2.05) is 25.3 Å². The molecule has 3 aromatic heterocycles. The van der Waals surface area contributed by atoms with Crippen LogP contribution in [0.25, 0.3) is 21.3 Å². The Morgan fingerprint density at radius 2 is 1.89 bits per heavy atom. The SMILES string of the molecule is Cc1ncc(-c2cc3cc(NC(=O)C4CCC(CO)CC4)ncc3cn2)s1. The smallest absolute Gasteiger partial charge is 0.228 e. The lowest BCUT2D eigenvalue weighted by Crippen LogP contribution is -2.28. The maximum atomic E-state index is 12.6. The lowest BCUT2D eigenvalue weighted by molar-refractivity contribution is -0.121. The van der Waals surface area contributed by atoms with Crippen molar-refractivity contribution < 1.29 is 9.90 Å². The lowest BCUT2D eigenvalue weighted by Gasteiger charge is -2.26. The number of aliphatic hydroxyl groups excluding tert-OH is 1. The van der Waals surface area contributed by atoms with Crippen molar-refractivity contribution in [2.45, 2.75) is 32.6 Å². The van der Waals surface area contributed by atoms with E-state index in [-0.39, 0.29) is 18.4 Å². The highest BCUT2D eigenvalue weighted by Crippen LogP contribution is 2.30. The number of aromatic nitrogens is 3. The Hall–Kier alpha value is -2.38. The molecule has 27 heavy (non-hydrogen) atoms. The molecule has 140 valence electrons. The van der Waals surface area contributed by atoms with Gasteiger partial charge in [-0.1, -0.05) is 0 Å². The number of aryl methyl sites for hydroxylation is 1. The molecule has 1 amide bonds. The van der Waals surface area contributed by atoms with Crippen LogP contribution in [0.4, 0.5) is 5.82 Å². The minimum Gasteiger partial charge on any atom is -0.396 e. The van der Waals surface area contributed by atoms with Gasteiger partial charge < -0.3 is 10.4 Å². The number of amides is 1. The minimum atomic E-state index is -0.00142. The number of anilines is 1. The average molecular weight is 382 g/mol. The van der Waals surface area contributed by atoms with Gasteiger partial charge in [-0.2, -0.15) is 0 Å². The maximum absolute atomic E-state index is 12.6. The van der Waals surface area contributed by atoms with Crippen molar-refractivity contribution in [3.8, 4) is 10.6 Å². The van der Waals surface area contributed by atoms with Gasteiger partial charge in [0.2, 0.25) is 5.91 Å². The van der Waals surface area contributed by atoms with Crippen molar-refractivity contribution >= 4 is 33.8 Å². The number of thiazole rings is 1. The number of pyridine rings is 2. The molecule has 4 rings (SSSR count). The summed E-state index contributed by atoms with van der Waals surface area (Å²) >= 11 is 1.61. The van der Waals surface area contributed by atoms with Crippen molar-refractivity contribution in [3.05, 3.63) is 35.7 Å². The van der Waals surface area contributed by atoms with Gasteiger partial charge in [-0.25, -0.2) is 9.97 Å². The van der Waals surface area contributed by atoms with Gasteiger partial charge in [-0.15, -0.1) is 11.3 Å². The maximum Gasteiger partial charge on any atom is 0.228 e. The molecule has 0 atom stereocenters. The second-order valence-corrected chi connectivity index (χ2v) is 8.35. The van der Waals surface area contributed by atoms with Gasteiger partial charge in [0.1, 0.15) is 5.82 Å². The van der Waals surface area contributed by atoms with E-state index < -0.39 is 0 Å². The van der Waals surface area contributed by atoms with Crippen LogP contribution in [-0.4, -0.2) is 32.6 Å². The number of nitrogens with zero attached hydrogens (tertiary/aromatic N) is 3. The van der Waals surface area contributed by atoms with E-state index in [9.17, 15) is 9.90 Å². The summed E-state index contributed by atoms with van der Waals surface area (Å²) in [6, 6.07) is 3.90. The molecule has 2 N–H and O–H groups in total. The molecule has 0 spiro atoms. The Bertz CT molecular complexity index is 964. The van der Waals surface area contributed by atoms with E-state index >= 15 is 0 Å². The van der Waals surface area contributed by atoms with E-state index in [1.165, 1.54) is 0 Å². The summed E-state index contributed by atoms with van der Waals surface area (Å²) in [4.78, 5) is 26.7.